The quantitative estimate of drug-likeness (QED) is 0.798. The number of aromatic nitrogens is 4. The van der Waals surface area contributed by atoms with E-state index < -0.39 is 5.91 Å². The molecule has 6 nitrogen and oxygen atoms in total. The average molecular weight is 297 g/mol. The van der Waals surface area contributed by atoms with E-state index in [1.165, 1.54) is 17.5 Å². The van der Waals surface area contributed by atoms with E-state index in [-0.39, 0.29) is 5.69 Å². The van der Waals surface area contributed by atoms with Crippen LogP contribution >= 0.6 is 11.3 Å². The van der Waals surface area contributed by atoms with Crippen LogP contribution in [0.1, 0.15) is 16.1 Å². The van der Waals surface area contributed by atoms with Gasteiger partial charge in [-0.1, -0.05) is 23.5 Å². The lowest BCUT2D eigenvalue weighted by atomic mass is 10.0. The molecule has 3 rings (SSSR count). The van der Waals surface area contributed by atoms with Gasteiger partial charge in [0.1, 0.15) is 16.2 Å². The highest BCUT2D eigenvalue weighted by Gasteiger charge is 2.10. The lowest BCUT2D eigenvalue weighted by Gasteiger charge is -2.07. The molecule has 7 heteroatoms. The zero-order chi connectivity index (χ0) is 14.8. The first kappa shape index (κ1) is 13.3. The van der Waals surface area contributed by atoms with Crippen molar-refractivity contribution >= 4 is 17.2 Å². The van der Waals surface area contributed by atoms with Crippen LogP contribution in [0.2, 0.25) is 0 Å². The first-order valence-corrected chi connectivity index (χ1v) is 7.02. The number of nitrogens with two attached hydrogens (primary N) is 1. The summed E-state index contributed by atoms with van der Waals surface area (Å²) in [5, 5.41) is 8.75. The summed E-state index contributed by atoms with van der Waals surface area (Å²) in [6.45, 7) is 1.99. The first-order valence-electron chi connectivity index (χ1n) is 6.14. The molecule has 1 aromatic carbocycles. The highest BCUT2D eigenvalue weighted by molar-refractivity contribution is 7.12. The van der Waals surface area contributed by atoms with E-state index in [0.29, 0.717) is 5.69 Å². The largest absolute Gasteiger partial charge is 0.364 e. The minimum atomic E-state index is -0.589. The predicted molar refractivity (Wildman–Crippen MR) is 79.6 cm³/mol. The molecule has 21 heavy (non-hydrogen) atoms. The molecular weight excluding hydrogens is 286 g/mol. The fourth-order valence-corrected chi connectivity index (χ4v) is 2.48. The Morgan fingerprint density at radius 1 is 1.24 bits per heavy atom. The van der Waals surface area contributed by atoms with Crippen LogP contribution in [0.3, 0.4) is 0 Å². The van der Waals surface area contributed by atoms with Crippen molar-refractivity contribution < 1.29 is 4.79 Å². The Morgan fingerprint density at radius 3 is 2.71 bits per heavy atom. The molecule has 0 unspecified atom stereocenters. The number of rotatable bonds is 3. The number of hydrogen-bond donors (Lipinski definition) is 1. The summed E-state index contributed by atoms with van der Waals surface area (Å²) in [6.07, 6.45) is 2.93. The van der Waals surface area contributed by atoms with Crippen LogP contribution in [-0.4, -0.2) is 26.1 Å². The summed E-state index contributed by atoms with van der Waals surface area (Å²) in [5.74, 6) is -0.589. The van der Waals surface area contributed by atoms with Gasteiger partial charge in [0.05, 0.1) is 18.1 Å². The normalized spacial score (nSPS) is 10.5. The number of benzene rings is 1. The van der Waals surface area contributed by atoms with Gasteiger partial charge in [-0.15, -0.1) is 10.2 Å². The van der Waals surface area contributed by atoms with Crippen molar-refractivity contribution in [3.63, 3.8) is 0 Å². The van der Waals surface area contributed by atoms with Crippen molar-refractivity contribution in [3.8, 4) is 21.8 Å². The van der Waals surface area contributed by atoms with E-state index in [1.807, 2.05) is 25.1 Å². The van der Waals surface area contributed by atoms with Crippen molar-refractivity contribution in [2.75, 3.05) is 0 Å². The standard InChI is InChI=1S/C14H11N5OS/c1-8-2-3-9(14-19-18-7-21-14)4-10(8)11-5-17-12(6-16-11)13(15)20/h2-7H,1H3,(H2,15,20). The van der Waals surface area contributed by atoms with Crippen LogP contribution in [0.15, 0.2) is 36.1 Å². The van der Waals surface area contributed by atoms with Gasteiger partial charge in [0.2, 0.25) is 0 Å². The Hall–Kier alpha value is -2.67. The van der Waals surface area contributed by atoms with Crippen LogP contribution in [0.25, 0.3) is 21.8 Å². The zero-order valence-corrected chi connectivity index (χ0v) is 12.0. The van der Waals surface area contributed by atoms with Gasteiger partial charge in [-0.05, 0) is 18.6 Å². The summed E-state index contributed by atoms with van der Waals surface area (Å²) in [5.41, 5.74) is 10.7. The van der Waals surface area contributed by atoms with Crippen LogP contribution in [0.4, 0.5) is 0 Å². The summed E-state index contributed by atoms with van der Waals surface area (Å²) in [6, 6.07) is 5.98. The van der Waals surface area contributed by atoms with Crippen molar-refractivity contribution in [1.82, 2.24) is 20.2 Å². The number of aryl methyl sites for hydroxylation is 1. The van der Waals surface area contributed by atoms with Crippen LogP contribution < -0.4 is 5.73 Å². The second-order valence-electron chi connectivity index (χ2n) is 4.42. The van der Waals surface area contributed by atoms with E-state index in [2.05, 4.69) is 20.2 Å². The average Bonchev–Trinajstić information content (AvgIpc) is 3.02. The third-order valence-electron chi connectivity index (χ3n) is 3.02. The fourth-order valence-electron chi connectivity index (χ4n) is 1.92. The lowest BCUT2D eigenvalue weighted by molar-refractivity contribution is 0.0995. The van der Waals surface area contributed by atoms with Gasteiger partial charge in [-0.25, -0.2) is 4.98 Å². The molecule has 104 valence electrons. The molecule has 2 heterocycles. The minimum Gasteiger partial charge on any atom is -0.364 e. The van der Waals surface area contributed by atoms with Gasteiger partial charge in [0.25, 0.3) is 5.91 Å². The molecule has 2 aromatic heterocycles. The molecule has 2 N–H and O–H groups in total. The summed E-state index contributed by atoms with van der Waals surface area (Å²) >= 11 is 1.47. The molecule has 0 aliphatic carbocycles. The molecule has 0 spiro atoms. The predicted octanol–water partition coefficient (Wildman–Crippen LogP) is 2.07. The second kappa shape index (κ2) is 5.37. The van der Waals surface area contributed by atoms with Crippen molar-refractivity contribution in [1.29, 1.82) is 0 Å². The maximum absolute atomic E-state index is 11.0. The molecule has 1 amide bonds. The van der Waals surface area contributed by atoms with Crippen molar-refractivity contribution in [2.45, 2.75) is 6.92 Å². The Kier molecular flexibility index (Phi) is 3.41. The number of amides is 1. The number of carbonyl (C=O) groups is 1. The second-order valence-corrected chi connectivity index (χ2v) is 5.26. The maximum Gasteiger partial charge on any atom is 0.268 e. The van der Waals surface area contributed by atoms with Crippen LogP contribution in [0, 0.1) is 6.92 Å². The van der Waals surface area contributed by atoms with Gasteiger partial charge in [0.15, 0.2) is 0 Å². The van der Waals surface area contributed by atoms with Crippen molar-refractivity contribution in [2.24, 2.45) is 5.73 Å². The molecule has 0 saturated heterocycles. The number of carbonyl (C=O) groups excluding carboxylic acids is 1. The van der Waals surface area contributed by atoms with E-state index in [1.54, 1.807) is 11.7 Å². The molecule has 0 bridgehead atoms. The summed E-state index contributed by atoms with van der Waals surface area (Å²) in [7, 11) is 0. The minimum absolute atomic E-state index is 0.150. The third kappa shape index (κ3) is 2.63. The Labute approximate surface area is 124 Å². The van der Waals surface area contributed by atoms with Gasteiger partial charge < -0.3 is 5.73 Å². The monoisotopic (exact) mass is 297 g/mol. The molecule has 0 aliphatic rings. The molecular formula is C14H11N5OS. The van der Waals surface area contributed by atoms with Gasteiger partial charge >= 0.3 is 0 Å². The van der Waals surface area contributed by atoms with Crippen molar-refractivity contribution in [3.05, 3.63) is 47.4 Å². The first-order chi connectivity index (χ1) is 10.1. The van der Waals surface area contributed by atoms with Gasteiger partial charge in [-0.2, -0.15) is 0 Å². The lowest BCUT2D eigenvalue weighted by Crippen LogP contribution is -2.13. The van der Waals surface area contributed by atoms with Crippen LogP contribution in [-0.2, 0) is 0 Å². The molecule has 0 fully saturated rings. The Balaban J connectivity index is 2.05. The van der Waals surface area contributed by atoms with E-state index in [0.717, 1.165) is 21.7 Å². The molecule has 0 atom stereocenters. The smallest absolute Gasteiger partial charge is 0.268 e. The van der Waals surface area contributed by atoms with E-state index in [9.17, 15) is 4.79 Å². The number of hydrogen-bond acceptors (Lipinski definition) is 6. The molecule has 3 aromatic rings. The summed E-state index contributed by atoms with van der Waals surface area (Å²) < 4.78 is 0. The van der Waals surface area contributed by atoms with E-state index in [4.69, 9.17) is 5.73 Å². The molecule has 0 radical (unpaired) electrons. The molecule has 0 aliphatic heterocycles. The van der Waals surface area contributed by atoms with Gasteiger partial charge in [-0.3, -0.25) is 9.78 Å². The Bertz CT molecular complexity index is 784. The number of primary amides is 1. The Morgan fingerprint density at radius 2 is 2.10 bits per heavy atom. The SMILES string of the molecule is Cc1ccc(-c2nncs2)cc1-c1cnc(C(N)=O)cn1. The van der Waals surface area contributed by atoms with Gasteiger partial charge in [0, 0.05) is 11.1 Å². The van der Waals surface area contributed by atoms with Crippen LogP contribution in [0.5, 0.6) is 0 Å². The number of nitrogens with zero attached hydrogens (tertiary/aromatic N) is 4. The highest BCUT2D eigenvalue weighted by atomic mass is 32.1. The molecule has 0 saturated carbocycles. The topological polar surface area (TPSA) is 94.6 Å². The fraction of sp³-hybridized carbons (Fsp3) is 0.0714. The van der Waals surface area contributed by atoms with E-state index >= 15 is 0 Å². The zero-order valence-electron chi connectivity index (χ0n) is 11.1. The summed E-state index contributed by atoms with van der Waals surface area (Å²) in [4.78, 5) is 19.3. The highest BCUT2D eigenvalue weighted by Crippen LogP contribution is 2.28. The maximum atomic E-state index is 11.0. The third-order valence-corrected chi connectivity index (χ3v) is 3.77.